The fraction of sp³-hybridized carbons (Fsp3) is 0.360. The number of rotatable bonds is 8. The zero-order valence-corrected chi connectivity index (χ0v) is 22.6. The highest BCUT2D eigenvalue weighted by molar-refractivity contribution is 7.89. The fourth-order valence-electron chi connectivity index (χ4n) is 4.27. The molecule has 0 radical (unpaired) electrons. The predicted octanol–water partition coefficient (Wildman–Crippen LogP) is 4.44. The van der Waals surface area contributed by atoms with Gasteiger partial charge in [-0.2, -0.15) is 30.6 Å². The van der Waals surface area contributed by atoms with Crippen LogP contribution in [0.1, 0.15) is 24.7 Å². The molecule has 1 aliphatic heterocycles. The molecular weight excluding hydrogens is 618 g/mol. The van der Waals surface area contributed by atoms with E-state index in [2.05, 4.69) is 20.3 Å². The van der Waals surface area contributed by atoms with E-state index in [-0.39, 0.29) is 16.8 Å². The second-order valence-corrected chi connectivity index (χ2v) is 11.2. The number of ether oxygens (including phenoxy) is 1. The van der Waals surface area contributed by atoms with Gasteiger partial charge >= 0.3 is 12.4 Å². The molecule has 1 saturated heterocycles. The van der Waals surface area contributed by atoms with Gasteiger partial charge < -0.3 is 10.1 Å². The quantitative estimate of drug-likeness (QED) is 0.363. The molecule has 0 spiro atoms. The minimum atomic E-state index is -4.83. The Morgan fingerprint density at radius 1 is 1.05 bits per heavy atom. The number of benzene rings is 1. The number of carbonyl (C=O) groups excluding carboxylic acids is 1. The fourth-order valence-corrected chi connectivity index (χ4v) is 6.08. The SMILES string of the molecule is C[C@H]1[C@H](F)C[C@@H](C(=O)NCc2cc(-c3cnc(C(F)(F)F)nc3)ncc2OCC(F)(F)F)N1S(=O)(=O)c1ccc(F)cc1. The van der Waals surface area contributed by atoms with Crippen LogP contribution in [0.25, 0.3) is 11.3 Å². The van der Waals surface area contributed by atoms with E-state index in [1.807, 2.05) is 0 Å². The molecule has 1 amide bonds. The lowest BCUT2D eigenvalue weighted by atomic mass is 10.1. The number of pyridine rings is 1. The average molecular weight is 640 g/mol. The van der Waals surface area contributed by atoms with Crippen LogP contribution in [0.2, 0.25) is 0 Å². The van der Waals surface area contributed by atoms with Crippen LogP contribution >= 0.6 is 0 Å². The Morgan fingerprint density at radius 3 is 2.26 bits per heavy atom. The van der Waals surface area contributed by atoms with Crippen molar-refractivity contribution < 1.29 is 53.1 Å². The predicted molar refractivity (Wildman–Crippen MR) is 132 cm³/mol. The third kappa shape index (κ3) is 7.35. The molecule has 1 fully saturated rings. The first-order chi connectivity index (χ1) is 20.0. The minimum Gasteiger partial charge on any atom is -0.482 e. The van der Waals surface area contributed by atoms with Gasteiger partial charge in [0.15, 0.2) is 6.61 Å². The van der Waals surface area contributed by atoms with Gasteiger partial charge in [-0.15, -0.1) is 0 Å². The smallest absolute Gasteiger partial charge is 0.451 e. The highest BCUT2D eigenvalue weighted by atomic mass is 32.2. The van der Waals surface area contributed by atoms with E-state index < -0.39 is 88.4 Å². The van der Waals surface area contributed by atoms with E-state index >= 15 is 0 Å². The number of aromatic nitrogens is 3. The van der Waals surface area contributed by atoms with Crippen LogP contribution in [0.3, 0.4) is 0 Å². The van der Waals surface area contributed by atoms with Crippen LogP contribution in [0.5, 0.6) is 5.75 Å². The molecule has 2 aromatic heterocycles. The lowest BCUT2D eigenvalue weighted by Gasteiger charge is -2.27. The van der Waals surface area contributed by atoms with Crippen molar-refractivity contribution in [1.29, 1.82) is 0 Å². The van der Waals surface area contributed by atoms with Crippen molar-refractivity contribution in [2.24, 2.45) is 0 Å². The molecule has 1 N–H and O–H groups in total. The Bertz CT molecular complexity index is 1570. The Kier molecular flexibility index (Phi) is 8.92. The van der Waals surface area contributed by atoms with Crippen molar-refractivity contribution in [3.8, 4) is 17.0 Å². The first-order valence-electron chi connectivity index (χ1n) is 12.3. The summed E-state index contributed by atoms with van der Waals surface area (Å²) in [5.41, 5.74) is -0.265. The number of halogens is 8. The second-order valence-electron chi connectivity index (χ2n) is 9.39. The van der Waals surface area contributed by atoms with E-state index in [4.69, 9.17) is 4.74 Å². The number of carbonyl (C=O) groups is 1. The number of nitrogens with zero attached hydrogens (tertiary/aromatic N) is 4. The molecule has 0 bridgehead atoms. The average Bonchev–Trinajstić information content (AvgIpc) is 3.24. The van der Waals surface area contributed by atoms with Gasteiger partial charge in [0.1, 0.15) is 23.8 Å². The summed E-state index contributed by atoms with van der Waals surface area (Å²) in [6.07, 6.45) is -9.47. The molecule has 3 atom stereocenters. The number of sulfonamides is 1. The molecule has 43 heavy (non-hydrogen) atoms. The Morgan fingerprint density at radius 2 is 1.67 bits per heavy atom. The lowest BCUT2D eigenvalue weighted by Crippen LogP contribution is -2.48. The molecular formula is C25H21F8N5O4S. The highest BCUT2D eigenvalue weighted by Crippen LogP contribution is 2.34. The van der Waals surface area contributed by atoms with Crippen LogP contribution in [-0.4, -0.2) is 64.6 Å². The number of hydrogen-bond acceptors (Lipinski definition) is 7. The zero-order valence-electron chi connectivity index (χ0n) is 21.8. The van der Waals surface area contributed by atoms with Gasteiger partial charge in [-0.05, 0) is 37.3 Å². The molecule has 9 nitrogen and oxygen atoms in total. The summed E-state index contributed by atoms with van der Waals surface area (Å²) in [6.45, 7) is -1.08. The van der Waals surface area contributed by atoms with Crippen molar-refractivity contribution in [2.75, 3.05) is 6.61 Å². The van der Waals surface area contributed by atoms with Gasteiger partial charge in [-0.3, -0.25) is 9.78 Å². The number of hydrogen-bond donors (Lipinski definition) is 1. The summed E-state index contributed by atoms with van der Waals surface area (Å²) < 4.78 is 137. The molecule has 1 aromatic carbocycles. The molecule has 0 unspecified atom stereocenters. The lowest BCUT2D eigenvalue weighted by molar-refractivity contribution is -0.153. The van der Waals surface area contributed by atoms with Crippen molar-refractivity contribution in [2.45, 2.75) is 55.4 Å². The Labute approximate surface area is 239 Å². The van der Waals surface area contributed by atoms with E-state index in [9.17, 15) is 48.3 Å². The van der Waals surface area contributed by atoms with Gasteiger partial charge in [0, 0.05) is 36.5 Å². The summed E-state index contributed by atoms with van der Waals surface area (Å²) in [7, 11) is -4.49. The largest absolute Gasteiger partial charge is 0.482 e. The van der Waals surface area contributed by atoms with Crippen molar-refractivity contribution in [1.82, 2.24) is 24.6 Å². The standard InChI is InChI=1S/C25H21F8N5O4S/c1-13-18(27)7-20(38(13)43(40,41)17-4-2-16(26)3-5-17)22(39)35-8-14-6-19(34-11-21(14)42-12-24(28,29)30)15-9-36-23(37-10-15)25(31,32)33/h2-6,9-11,13,18,20H,7-8,12H2,1H3,(H,35,39)/t13-,18+,20-/m0/s1. The molecule has 1 aliphatic rings. The Balaban J connectivity index is 1.60. The van der Waals surface area contributed by atoms with Crippen molar-refractivity contribution in [3.05, 3.63) is 66.1 Å². The van der Waals surface area contributed by atoms with Crippen LogP contribution in [0, 0.1) is 5.82 Å². The van der Waals surface area contributed by atoms with E-state index in [1.165, 1.54) is 6.92 Å². The third-order valence-electron chi connectivity index (χ3n) is 6.37. The number of nitrogens with one attached hydrogen (secondary N) is 1. The monoisotopic (exact) mass is 639 g/mol. The summed E-state index contributed by atoms with van der Waals surface area (Å²) in [4.78, 5) is 23.1. The molecule has 0 aliphatic carbocycles. The normalized spacial score (nSPS) is 19.8. The van der Waals surface area contributed by atoms with Gasteiger partial charge in [0.05, 0.1) is 22.8 Å². The van der Waals surface area contributed by atoms with Gasteiger partial charge in [0.2, 0.25) is 21.8 Å². The molecule has 4 rings (SSSR count). The molecule has 3 aromatic rings. The summed E-state index contributed by atoms with van der Waals surface area (Å²) in [5.74, 6) is -3.62. The van der Waals surface area contributed by atoms with Crippen molar-refractivity contribution in [3.63, 3.8) is 0 Å². The van der Waals surface area contributed by atoms with Crippen LogP contribution in [0.4, 0.5) is 35.1 Å². The maximum absolute atomic E-state index is 14.7. The van der Waals surface area contributed by atoms with Crippen LogP contribution < -0.4 is 10.1 Å². The summed E-state index contributed by atoms with van der Waals surface area (Å²) in [6, 6.07) is 1.90. The van der Waals surface area contributed by atoms with Crippen LogP contribution in [-0.2, 0) is 27.5 Å². The summed E-state index contributed by atoms with van der Waals surface area (Å²) >= 11 is 0. The van der Waals surface area contributed by atoms with Crippen LogP contribution in [0.15, 0.2) is 53.8 Å². The second kappa shape index (κ2) is 12.0. The van der Waals surface area contributed by atoms with Gasteiger partial charge in [0.25, 0.3) is 0 Å². The van der Waals surface area contributed by atoms with Gasteiger partial charge in [-0.1, -0.05) is 0 Å². The summed E-state index contributed by atoms with van der Waals surface area (Å²) in [5, 5.41) is 2.35. The highest BCUT2D eigenvalue weighted by Gasteiger charge is 2.49. The maximum Gasteiger partial charge on any atom is 0.451 e. The maximum atomic E-state index is 14.7. The first kappa shape index (κ1) is 32.0. The molecule has 18 heteroatoms. The van der Waals surface area contributed by atoms with Gasteiger partial charge in [-0.25, -0.2) is 27.2 Å². The third-order valence-corrected chi connectivity index (χ3v) is 8.38. The van der Waals surface area contributed by atoms with E-state index in [0.29, 0.717) is 4.31 Å². The molecule has 0 saturated carbocycles. The van der Waals surface area contributed by atoms with E-state index in [0.717, 1.165) is 48.9 Å². The number of amides is 1. The van der Waals surface area contributed by atoms with Crippen molar-refractivity contribution >= 4 is 15.9 Å². The first-order valence-corrected chi connectivity index (χ1v) is 13.7. The number of alkyl halides is 7. The van der Waals surface area contributed by atoms with E-state index in [1.54, 1.807) is 0 Å². The minimum absolute atomic E-state index is 0.0515. The topological polar surface area (TPSA) is 114 Å². The molecule has 232 valence electrons. The molecule has 3 heterocycles. The Hall–Kier alpha value is -3.93. The zero-order chi connectivity index (χ0) is 31.7.